The molecule has 7 heteroatoms. The van der Waals surface area contributed by atoms with Gasteiger partial charge in [-0.2, -0.15) is 13.2 Å². The van der Waals surface area contributed by atoms with E-state index in [1.165, 1.54) is 12.1 Å². The van der Waals surface area contributed by atoms with Crippen LogP contribution in [0.3, 0.4) is 0 Å². The topological polar surface area (TPSA) is 29.1 Å². The predicted molar refractivity (Wildman–Crippen MR) is 97.0 cm³/mol. The summed E-state index contributed by atoms with van der Waals surface area (Å²) in [6.45, 7) is 6.48. The number of rotatable bonds is 4. The summed E-state index contributed by atoms with van der Waals surface area (Å²) < 4.78 is 37.7. The Kier molecular flexibility index (Phi) is 5.64. The van der Waals surface area contributed by atoms with Crippen molar-refractivity contribution in [2.75, 3.05) is 0 Å². The Hall–Kier alpha value is -1.79. The summed E-state index contributed by atoms with van der Waals surface area (Å²) >= 11 is 6.22. The molecule has 0 bridgehead atoms. The summed E-state index contributed by atoms with van der Waals surface area (Å²) in [5.74, 6) is -0.317. The van der Waals surface area contributed by atoms with E-state index in [0.717, 1.165) is 17.3 Å². The monoisotopic (exact) mass is 385 g/mol. The van der Waals surface area contributed by atoms with E-state index in [0.29, 0.717) is 16.1 Å². The quantitative estimate of drug-likeness (QED) is 0.750. The first-order valence-corrected chi connectivity index (χ1v) is 11.6. The van der Waals surface area contributed by atoms with Crippen LogP contribution in [0, 0.1) is 0 Å². The first-order valence-electron chi connectivity index (χ1n) is 7.73. The van der Waals surface area contributed by atoms with Gasteiger partial charge in [-0.1, -0.05) is 55.5 Å². The second-order valence-corrected chi connectivity index (χ2v) is 12.2. The van der Waals surface area contributed by atoms with Gasteiger partial charge in [0.25, 0.3) is 5.91 Å². The Morgan fingerprint density at radius 3 is 2.20 bits per heavy atom. The number of carbonyl (C=O) groups is 1. The van der Waals surface area contributed by atoms with Gasteiger partial charge in [-0.3, -0.25) is 4.79 Å². The third-order valence-electron chi connectivity index (χ3n) is 3.78. The molecule has 2 rings (SSSR count). The van der Waals surface area contributed by atoms with Crippen molar-refractivity contribution in [2.45, 2.75) is 32.4 Å². The normalized spacial score (nSPS) is 12.1. The van der Waals surface area contributed by atoms with Gasteiger partial charge >= 0.3 is 6.18 Å². The molecule has 0 saturated heterocycles. The van der Waals surface area contributed by atoms with Gasteiger partial charge in [-0.25, -0.2) is 0 Å². The summed E-state index contributed by atoms with van der Waals surface area (Å²) in [7, 11) is -1.78. The van der Waals surface area contributed by atoms with Crippen LogP contribution in [0.1, 0.15) is 21.5 Å². The molecule has 2 aromatic rings. The lowest BCUT2D eigenvalue weighted by Crippen LogP contribution is -2.43. The van der Waals surface area contributed by atoms with Crippen LogP contribution in [0.4, 0.5) is 13.2 Å². The molecule has 2 nitrogen and oxygen atoms in total. The molecule has 0 aliphatic carbocycles. The molecule has 0 aliphatic rings. The SMILES string of the molecule is C[Si](C)(C)c1cccc(Cl)c1C(=O)NCc1ccc(C(F)(F)F)cc1. The largest absolute Gasteiger partial charge is 0.416 e. The molecule has 0 heterocycles. The standard InChI is InChI=1S/C18H19ClF3NOSi/c1-25(2,3)15-6-4-5-14(19)16(15)17(24)23-11-12-7-9-13(10-8-12)18(20,21)22/h4-10H,11H2,1-3H3,(H,23,24). The first-order chi connectivity index (χ1) is 11.5. The fourth-order valence-electron chi connectivity index (χ4n) is 2.46. The Morgan fingerprint density at radius 2 is 1.68 bits per heavy atom. The minimum atomic E-state index is -4.37. The van der Waals surface area contributed by atoms with E-state index in [2.05, 4.69) is 25.0 Å². The average molecular weight is 386 g/mol. The zero-order valence-corrected chi connectivity index (χ0v) is 15.9. The molecule has 1 N–H and O–H groups in total. The van der Waals surface area contributed by atoms with Crippen molar-refractivity contribution in [3.63, 3.8) is 0 Å². The summed E-state index contributed by atoms with van der Waals surface area (Å²) in [5, 5.41) is 4.07. The molecule has 134 valence electrons. The van der Waals surface area contributed by atoms with Gasteiger partial charge in [0.15, 0.2) is 0 Å². The summed E-state index contributed by atoms with van der Waals surface area (Å²) in [5.41, 5.74) is 0.327. The molecule has 0 aromatic heterocycles. The van der Waals surface area contributed by atoms with Crippen molar-refractivity contribution in [2.24, 2.45) is 0 Å². The number of nitrogens with one attached hydrogen (secondary N) is 1. The average Bonchev–Trinajstić information content (AvgIpc) is 2.51. The molecule has 25 heavy (non-hydrogen) atoms. The van der Waals surface area contributed by atoms with Gasteiger partial charge < -0.3 is 5.32 Å². The molecule has 1 amide bonds. The molecule has 0 spiro atoms. The van der Waals surface area contributed by atoms with E-state index < -0.39 is 19.8 Å². The number of halogens is 4. The lowest BCUT2D eigenvalue weighted by Gasteiger charge is -2.21. The Balaban J connectivity index is 2.16. The van der Waals surface area contributed by atoms with Gasteiger partial charge in [-0.05, 0) is 28.9 Å². The fourth-order valence-corrected chi connectivity index (χ4v) is 4.40. The predicted octanol–water partition coefficient (Wildman–Crippen LogP) is 4.83. The first kappa shape index (κ1) is 19.5. The van der Waals surface area contributed by atoms with Crippen molar-refractivity contribution in [1.29, 1.82) is 0 Å². The van der Waals surface area contributed by atoms with E-state index in [4.69, 9.17) is 11.6 Å². The van der Waals surface area contributed by atoms with Crippen LogP contribution in [0.5, 0.6) is 0 Å². The second-order valence-electron chi connectivity index (χ2n) is 6.79. The van der Waals surface area contributed by atoms with Gasteiger partial charge in [0, 0.05) is 6.54 Å². The lowest BCUT2D eigenvalue weighted by atomic mass is 10.1. The van der Waals surface area contributed by atoms with Crippen LogP contribution in [0.25, 0.3) is 0 Å². The van der Waals surface area contributed by atoms with Gasteiger partial charge in [0.05, 0.1) is 24.2 Å². The fraction of sp³-hybridized carbons (Fsp3) is 0.278. The molecule has 0 fully saturated rings. The molecule has 0 unspecified atom stereocenters. The van der Waals surface area contributed by atoms with Crippen LogP contribution in [0.2, 0.25) is 24.7 Å². The number of benzene rings is 2. The van der Waals surface area contributed by atoms with Crippen molar-refractivity contribution >= 4 is 30.8 Å². The van der Waals surface area contributed by atoms with E-state index in [1.807, 2.05) is 12.1 Å². The number of carbonyl (C=O) groups excluding carboxylic acids is 1. The molecule has 0 radical (unpaired) electrons. The van der Waals surface area contributed by atoms with Crippen molar-refractivity contribution < 1.29 is 18.0 Å². The van der Waals surface area contributed by atoms with Crippen molar-refractivity contribution in [3.05, 3.63) is 64.2 Å². The summed E-state index contributed by atoms with van der Waals surface area (Å²) in [4.78, 5) is 12.6. The highest BCUT2D eigenvalue weighted by atomic mass is 35.5. The van der Waals surface area contributed by atoms with Crippen LogP contribution < -0.4 is 10.5 Å². The highest BCUT2D eigenvalue weighted by molar-refractivity contribution is 6.89. The van der Waals surface area contributed by atoms with E-state index in [-0.39, 0.29) is 12.5 Å². The number of amides is 1. The van der Waals surface area contributed by atoms with Crippen LogP contribution >= 0.6 is 11.6 Å². The molecular formula is C18H19ClF3NOSi. The van der Waals surface area contributed by atoms with Gasteiger partial charge in [-0.15, -0.1) is 0 Å². The van der Waals surface area contributed by atoms with Crippen molar-refractivity contribution in [1.82, 2.24) is 5.32 Å². The minimum absolute atomic E-state index is 0.132. The molecule has 0 atom stereocenters. The Labute approximate surface area is 151 Å². The zero-order valence-electron chi connectivity index (χ0n) is 14.2. The van der Waals surface area contributed by atoms with E-state index in [1.54, 1.807) is 6.07 Å². The highest BCUT2D eigenvalue weighted by Crippen LogP contribution is 2.29. The van der Waals surface area contributed by atoms with Crippen LogP contribution in [-0.2, 0) is 12.7 Å². The molecule has 0 saturated carbocycles. The highest BCUT2D eigenvalue weighted by Gasteiger charge is 2.30. The maximum Gasteiger partial charge on any atom is 0.416 e. The molecular weight excluding hydrogens is 367 g/mol. The summed E-state index contributed by atoms with van der Waals surface area (Å²) in [6.07, 6.45) is -4.37. The number of alkyl halides is 3. The van der Waals surface area contributed by atoms with Gasteiger partial charge in [0.1, 0.15) is 0 Å². The smallest absolute Gasteiger partial charge is 0.348 e. The maximum absolute atomic E-state index is 12.6. The zero-order chi connectivity index (χ0) is 18.8. The number of hydrogen-bond donors (Lipinski definition) is 1. The number of hydrogen-bond acceptors (Lipinski definition) is 1. The van der Waals surface area contributed by atoms with Crippen molar-refractivity contribution in [3.8, 4) is 0 Å². The molecule has 0 aliphatic heterocycles. The Bertz CT molecular complexity index is 767. The maximum atomic E-state index is 12.6. The third kappa shape index (κ3) is 4.86. The van der Waals surface area contributed by atoms with Gasteiger partial charge in [0.2, 0.25) is 0 Å². The van der Waals surface area contributed by atoms with Crippen LogP contribution in [0.15, 0.2) is 42.5 Å². The summed E-state index contributed by atoms with van der Waals surface area (Å²) in [6, 6.07) is 10.1. The lowest BCUT2D eigenvalue weighted by molar-refractivity contribution is -0.137. The minimum Gasteiger partial charge on any atom is -0.348 e. The van der Waals surface area contributed by atoms with E-state index in [9.17, 15) is 18.0 Å². The molecule has 2 aromatic carbocycles. The van der Waals surface area contributed by atoms with E-state index >= 15 is 0 Å². The Morgan fingerprint density at radius 1 is 1.08 bits per heavy atom. The van der Waals surface area contributed by atoms with Crippen LogP contribution in [-0.4, -0.2) is 14.0 Å². The second kappa shape index (κ2) is 7.21. The third-order valence-corrected chi connectivity index (χ3v) is 6.13.